The number of nitrogens with zero attached hydrogens (tertiary/aromatic N) is 1. The van der Waals surface area contributed by atoms with Crippen LogP contribution in [0.15, 0.2) is 30.3 Å². The van der Waals surface area contributed by atoms with Crippen LogP contribution in [0.25, 0.3) is 0 Å². The van der Waals surface area contributed by atoms with Gasteiger partial charge in [-0.1, -0.05) is 37.3 Å². The number of thioether (sulfide) groups is 1. The van der Waals surface area contributed by atoms with Gasteiger partial charge in [0, 0.05) is 37.0 Å². The highest BCUT2D eigenvalue weighted by atomic mass is 32.2. The van der Waals surface area contributed by atoms with Gasteiger partial charge in [-0.2, -0.15) is 11.8 Å². The molecule has 3 heteroatoms. The van der Waals surface area contributed by atoms with Gasteiger partial charge in [0.1, 0.15) is 0 Å². The molecule has 110 valence electrons. The molecule has 1 saturated heterocycles. The summed E-state index contributed by atoms with van der Waals surface area (Å²) in [6, 6.07) is 12.4. The molecule has 1 aliphatic heterocycles. The second kappa shape index (κ2) is 6.97. The zero-order chi connectivity index (χ0) is 13.8. The quantitative estimate of drug-likeness (QED) is 0.916. The Labute approximate surface area is 127 Å². The lowest BCUT2D eigenvalue weighted by molar-refractivity contribution is 0.108. The lowest BCUT2D eigenvalue weighted by atomic mass is 10.0. The maximum atomic E-state index is 3.58. The van der Waals surface area contributed by atoms with Crippen LogP contribution < -0.4 is 5.32 Å². The Morgan fingerprint density at radius 1 is 1.25 bits per heavy atom. The third kappa shape index (κ3) is 3.21. The average Bonchev–Trinajstić information content (AvgIpc) is 2.97. The van der Waals surface area contributed by atoms with E-state index in [1.54, 1.807) is 0 Å². The summed E-state index contributed by atoms with van der Waals surface area (Å²) in [5, 5.41) is 4.48. The SMILES string of the molecule is CCSC1CCC(N2CCNCC2c2ccccc2)C1. The van der Waals surface area contributed by atoms with Crippen LogP contribution in [0.5, 0.6) is 0 Å². The molecule has 0 amide bonds. The maximum absolute atomic E-state index is 3.58. The summed E-state index contributed by atoms with van der Waals surface area (Å²) < 4.78 is 0. The van der Waals surface area contributed by atoms with Crippen molar-refractivity contribution >= 4 is 11.8 Å². The normalized spacial score (nSPS) is 31.6. The standard InChI is InChI=1S/C17H26N2S/c1-2-20-16-9-8-15(12-16)19-11-10-18-13-17(19)14-6-4-3-5-7-14/h3-7,15-18H,2,8-13H2,1H3. The first-order valence-electron chi connectivity index (χ1n) is 8.01. The van der Waals surface area contributed by atoms with Crippen LogP contribution in [0.4, 0.5) is 0 Å². The molecule has 0 aromatic heterocycles. The molecule has 1 aromatic carbocycles. The van der Waals surface area contributed by atoms with Gasteiger partial charge >= 0.3 is 0 Å². The first-order valence-corrected chi connectivity index (χ1v) is 9.06. The van der Waals surface area contributed by atoms with Gasteiger partial charge in [0.25, 0.3) is 0 Å². The number of hydrogen-bond donors (Lipinski definition) is 1. The summed E-state index contributed by atoms with van der Waals surface area (Å²) >= 11 is 2.16. The van der Waals surface area contributed by atoms with Crippen molar-refractivity contribution in [2.24, 2.45) is 0 Å². The van der Waals surface area contributed by atoms with Crippen molar-refractivity contribution in [1.29, 1.82) is 0 Å². The smallest absolute Gasteiger partial charge is 0.0476 e. The second-order valence-corrected chi connectivity index (χ2v) is 7.49. The molecule has 1 aromatic rings. The summed E-state index contributed by atoms with van der Waals surface area (Å²) in [7, 11) is 0. The van der Waals surface area contributed by atoms with Crippen LogP contribution in [0.2, 0.25) is 0 Å². The van der Waals surface area contributed by atoms with Gasteiger partial charge in [-0.15, -0.1) is 0 Å². The van der Waals surface area contributed by atoms with Crippen molar-refractivity contribution in [2.45, 2.75) is 43.5 Å². The Bertz CT molecular complexity index is 409. The molecule has 1 saturated carbocycles. The van der Waals surface area contributed by atoms with E-state index < -0.39 is 0 Å². The Morgan fingerprint density at radius 3 is 2.90 bits per heavy atom. The largest absolute Gasteiger partial charge is 0.314 e. The molecule has 3 rings (SSSR count). The minimum atomic E-state index is 0.570. The van der Waals surface area contributed by atoms with Crippen molar-refractivity contribution in [2.75, 3.05) is 25.4 Å². The van der Waals surface area contributed by atoms with E-state index in [4.69, 9.17) is 0 Å². The monoisotopic (exact) mass is 290 g/mol. The molecule has 3 atom stereocenters. The van der Waals surface area contributed by atoms with E-state index in [1.165, 1.54) is 37.1 Å². The maximum Gasteiger partial charge on any atom is 0.0476 e. The van der Waals surface area contributed by atoms with Gasteiger partial charge in [0.05, 0.1) is 0 Å². The van der Waals surface area contributed by atoms with E-state index in [-0.39, 0.29) is 0 Å². The fourth-order valence-electron chi connectivity index (χ4n) is 3.75. The fraction of sp³-hybridized carbons (Fsp3) is 0.647. The zero-order valence-electron chi connectivity index (χ0n) is 12.4. The Morgan fingerprint density at radius 2 is 2.10 bits per heavy atom. The van der Waals surface area contributed by atoms with E-state index >= 15 is 0 Å². The molecule has 3 unspecified atom stereocenters. The third-order valence-corrected chi connectivity index (χ3v) is 5.93. The predicted octanol–water partition coefficient (Wildman–Crippen LogP) is 3.31. The molecule has 2 fully saturated rings. The van der Waals surface area contributed by atoms with Crippen molar-refractivity contribution < 1.29 is 0 Å². The lowest BCUT2D eigenvalue weighted by Crippen LogP contribution is -2.49. The first-order chi connectivity index (χ1) is 9.88. The number of nitrogens with one attached hydrogen (secondary N) is 1. The molecule has 2 nitrogen and oxygen atoms in total. The third-order valence-electron chi connectivity index (χ3n) is 4.70. The minimum Gasteiger partial charge on any atom is -0.314 e. The topological polar surface area (TPSA) is 15.3 Å². The van der Waals surface area contributed by atoms with E-state index in [0.29, 0.717) is 6.04 Å². The molecule has 1 aliphatic carbocycles. The molecule has 0 bridgehead atoms. The van der Waals surface area contributed by atoms with Crippen LogP contribution in [0.1, 0.15) is 37.8 Å². The van der Waals surface area contributed by atoms with Crippen LogP contribution in [-0.2, 0) is 0 Å². The molecular formula is C17H26N2S. The summed E-state index contributed by atoms with van der Waals surface area (Å²) in [4.78, 5) is 2.78. The number of piperazine rings is 1. The summed E-state index contributed by atoms with van der Waals surface area (Å²) in [6.07, 6.45) is 4.19. The summed E-state index contributed by atoms with van der Waals surface area (Å²) in [6.45, 7) is 5.74. The van der Waals surface area contributed by atoms with Crippen molar-refractivity contribution in [1.82, 2.24) is 10.2 Å². The molecule has 1 heterocycles. The fourth-order valence-corrected chi connectivity index (χ4v) is 4.88. The highest BCUT2D eigenvalue weighted by Gasteiger charge is 2.34. The number of benzene rings is 1. The molecule has 1 N–H and O–H groups in total. The van der Waals surface area contributed by atoms with Gasteiger partial charge in [-0.3, -0.25) is 4.90 Å². The summed E-state index contributed by atoms with van der Waals surface area (Å²) in [5.74, 6) is 1.26. The van der Waals surface area contributed by atoms with Gasteiger partial charge in [0.15, 0.2) is 0 Å². The molecule has 2 aliphatic rings. The predicted molar refractivity (Wildman–Crippen MR) is 88.3 cm³/mol. The molecule has 0 radical (unpaired) electrons. The van der Waals surface area contributed by atoms with Gasteiger partial charge < -0.3 is 5.32 Å². The Balaban J connectivity index is 1.70. The van der Waals surface area contributed by atoms with Crippen LogP contribution in [0.3, 0.4) is 0 Å². The van der Waals surface area contributed by atoms with Crippen molar-refractivity contribution in [3.63, 3.8) is 0 Å². The van der Waals surface area contributed by atoms with E-state index in [0.717, 1.165) is 24.4 Å². The van der Waals surface area contributed by atoms with E-state index in [1.807, 2.05) is 0 Å². The molecule has 0 spiro atoms. The number of hydrogen-bond acceptors (Lipinski definition) is 3. The van der Waals surface area contributed by atoms with Crippen LogP contribution in [0, 0.1) is 0 Å². The highest BCUT2D eigenvalue weighted by Crippen LogP contribution is 2.36. The van der Waals surface area contributed by atoms with Crippen molar-refractivity contribution in [3.05, 3.63) is 35.9 Å². The summed E-state index contributed by atoms with van der Waals surface area (Å²) in [5.41, 5.74) is 1.48. The van der Waals surface area contributed by atoms with Gasteiger partial charge in [-0.05, 0) is 30.6 Å². The minimum absolute atomic E-state index is 0.570. The second-order valence-electron chi connectivity index (χ2n) is 5.91. The van der Waals surface area contributed by atoms with Gasteiger partial charge in [0.2, 0.25) is 0 Å². The lowest BCUT2D eigenvalue weighted by Gasteiger charge is -2.40. The van der Waals surface area contributed by atoms with Crippen LogP contribution >= 0.6 is 11.8 Å². The Hall–Kier alpha value is -0.510. The molecule has 20 heavy (non-hydrogen) atoms. The van der Waals surface area contributed by atoms with Crippen molar-refractivity contribution in [3.8, 4) is 0 Å². The Kier molecular flexibility index (Phi) is 5.03. The van der Waals surface area contributed by atoms with E-state index in [2.05, 4.69) is 59.2 Å². The zero-order valence-corrected chi connectivity index (χ0v) is 13.2. The highest BCUT2D eigenvalue weighted by molar-refractivity contribution is 7.99. The number of rotatable bonds is 4. The molecular weight excluding hydrogens is 264 g/mol. The van der Waals surface area contributed by atoms with Crippen LogP contribution in [-0.4, -0.2) is 41.6 Å². The van der Waals surface area contributed by atoms with Gasteiger partial charge in [-0.25, -0.2) is 0 Å². The average molecular weight is 290 g/mol. The first kappa shape index (κ1) is 14.4. The van der Waals surface area contributed by atoms with E-state index in [9.17, 15) is 0 Å².